The van der Waals surface area contributed by atoms with Gasteiger partial charge in [-0.05, 0) is 29.8 Å². The standard InChI is InChI=1S/C14H13ClO4S/c1-18-11-5-3-10(4-6-11)13-8-7-12(20(15,16)17)9-14(13)19-2/h3-9H,1-2H3. The van der Waals surface area contributed by atoms with Crippen LogP contribution in [0.3, 0.4) is 0 Å². The minimum absolute atomic E-state index is 0.00767. The van der Waals surface area contributed by atoms with Crippen molar-refractivity contribution in [3.8, 4) is 22.6 Å². The molecule has 0 atom stereocenters. The van der Waals surface area contributed by atoms with E-state index in [4.69, 9.17) is 20.2 Å². The molecular formula is C14H13ClO4S. The number of hydrogen-bond acceptors (Lipinski definition) is 4. The van der Waals surface area contributed by atoms with Crippen LogP contribution in [0, 0.1) is 0 Å². The van der Waals surface area contributed by atoms with E-state index in [1.165, 1.54) is 19.2 Å². The molecule has 20 heavy (non-hydrogen) atoms. The Morgan fingerprint density at radius 1 is 0.950 bits per heavy atom. The summed E-state index contributed by atoms with van der Waals surface area (Å²) in [4.78, 5) is 0.00767. The van der Waals surface area contributed by atoms with Crippen LogP contribution in [-0.4, -0.2) is 22.6 Å². The average Bonchev–Trinajstić information content (AvgIpc) is 2.45. The second-order valence-corrected chi connectivity index (χ2v) is 6.59. The summed E-state index contributed by atoms with van der Waals surface area (Å²) in [5, 5.41) is 0. The number of methoxy groups -OCH3 is 2. The molecule has 0 aliphatic heterocycles. The maximum atomic E-state index is 11.3. The Kier molecular flexibility index (Phi) is 4.20. The van der Waals surface area contributed by atoms with Crippen molar-refractivity contribution in [1.29, 1.82) is 0 Å². The highest BCUT2D eigenvalue weighted by atomic mass is 35.7. The minimum atomic E-state index is -3.77. The smallest absolute Gasteiger partial charge is 0.261 e. The fourth-order valence-corrected chi connectivity index (χ4v) is 2.60. The van der Waals surface area contributed by atoms with E-state index in [0.717, 1.165) is 16.9 Å². The van der Waals surface area contributed by atoms with Gasteiger partial charge >= 0.3 is 0 Å². The molecule has 0 amide bonds. The van der Waals surface area contributed by atoms with Gasteiger partial charge in [0.2, 0.25) is 0 Å². The van der Waals surface area contributed by atoms with E-state index in [1.54, 1.807) is 13.2 Å². The zero-order valence-electron chi connectivity index (χ0n) is 11.0. The Morgan fingerprint density at radius 3 is 2.10 bits per heavy atom. The molecule has 2 rings (SSSR count). The zero-order valence-corrected chi connectivity index (χ0v) is 12.5. The Hall–Kier alpha value is -1.72. The van der Waals surface area contributed by atoms with Gasteiger partial charge in [-0.15, -0.1) is 0 Å². The summed E-state index contributed by atoms with van der Waals surface area (Å²) in [6.45, 7) is 0. The van der Waals surface area contributed by atoms with Crippen molar-refractivity contribution in [3.63, 3.8) is 0 Å². The van der Waals surface area contributed by atoms with Gasteiger partial charge in [0.15, 0.2) is 0 Å². The summed E-state index contributed by atoms with van der Waals surface area (Å²) in [6.07, 6.45) is 0. The molecular weight excluding hydrogens is 300 g/mol. The highest BCUT2D eigenvalue weighted by Gasteiger charge is 2.14. The molecule has 0 saturated carbocycles. The normalized spacial score (nSPS) is 11.2. The van der Waals surface area contributed by atoms with Crippen molar-refractivity contribution >= 4 is 19.7 Å². The third-order valence-electron chi connectivity index (χ3n) is 2.86. The number of ether oxygens (including phenoxy) is 2. The Balaban J connectivity index is 2.51. The number of rotatable bonds is 4. The second-order valence-electron chi connectivity index (χ2n) is 4.03. The van der Waals surface area contributed by atoms with E-state index < -0.39 is 9.05 Å². The van der Waals surface area contributed by atoms with E-state index >= 15 is 0 Å². The molecule has 0 radical (unpaired) electrons. The van der Waals surface area contributed by atoms with E-state index in [1.807, 2.05) is 24.3 Å². The van der Waals surface area contributed by atoms with Crippen LogP contribution in [0.15, 0.2) is 47.4 Å². The first-order chi connectivity index (χ1) is 9.45. The molecule has 0 aromatic heterocycles. The Bertz CT molecular complexity index is 708. The molecule has 0 N–H and O–H groups in total. The topological polar surface area (TPSA) is 52.6 Å². The highest BCUT2D eigenvalue weighted by Crippen LogP contribution is 2.33. The van der Waals surface area contributed by atoms with E-state index in [9.17, 15) is 8.42 Å². The average molecular weight is 313 g/mol. The van der Waals surface area contributed by atoms with Crippen LogP contribution >= 0.6 is 10.7 Å². The van der Waals surface area contributed by atoms with Crippen molar-refractivity contribution in [2.75, 3.05) is 14.2 Å². The van der Waals surface area contributed by atoms with Gasteiger partial charge in [-0.2, -0.15) is 0 Å². The molecule has 0 spiro atoms. The lowest BCUT2D eigenvalue weighted by molar-refractivity contribution is 0.414. The molecule has 0 unspecified atom stereocenters. The third-order valence-corrected chi connectivity index (χ3v) is 4.21. The molecule has 4 nitrogen and oxygen atoms in total. The van der Waals surface area contributed by atoms with Gasteiger partial charge in [0.25, 0.3) is 9.05 Å². The third kappa shape index (κ3) is 3.05. The first kappa shape index (κ1) is 14.7. The fourth-order valence-electron chi connectivity index (χ4n) is 1.83. The predicted octanol–water partition coefficient (Wildman–Crippen LogP) is 3.30. The molecule has 0 saturated heterocycles. The summed E-state index contributed by atoms with van der Waals surface area (Å²) in [6, 6.07) is 11.9. The fraction of sp³-hybridized carbons (Fsp3) is 0.143. The molecule has 0 fully saturated rings. The zero-order chi connectivity index (χ0) is 14.8. The molecule has 2 aromatic carbocycles. The SMILES string of the molecule is COc1ccc(-c2ccc(S(=O)(=O)Cl)cc2OC)cc1. The molecule has 2 aromatic rings. The number of benzene rings is 2. The van der Waals surface area contributed by atoms with Crippen LogP contribution in [0.5, 0.6) is 11.5 Å². The van der Waals surface area contributed by atoms with Crippen molar-refractivity contribution < 1.29 is 17.9 Å². The van der Waals surface area contributed by atoms with Crippen molar-refractivity contribution in [2.24, 2.45) is 0 Å². The summed E-state index contributed by atoms with van der Waals surface area (Å²) >= 11 is 0. The maximum Gasteiger partial charge on any atom is 0.261 e. The summed E-state index contributed by atoms with van der Waals surface area (Å²) in [5.74, 6) is 1.18. The van der Waals surface area contributed by atoms with E-state index in [0.29, 0.717) is 5.75 Å². The lowest BCUT2D eigenvalue weighted by atomic mass is 10.0. The highest BCUT2D eigenvalue weighted by molar-refractivity contribution is 8.13. The van der Waals surface area contributed by atoms with E-state index in [2.05, 4.69) is 0 Å². The molecule has 0 bridgehead atoms. The molecule has 0 heterocycles. The minimum Gasteiger partial charge on any atom is -0.497 e. The van der Waals surface area contributed by atoms with Crippen LogP contribution in [0.2, 0.25) is 0 Å². The van der Waals surface area contributed by atoms with Crippen LogP contribution in [0.1, 0.15) is 0 Å². The molecule has 0 aliphatic carbocycles. The lowest BCUT2D eigenvalue weighted by Gasteiger charge is -2.10. The first-order valence-corrected chi connectivity index (χ1v) is 8.04. The summed E-state index contributed by atoms with van der Waals surface area (Å²) < 4.78 is 33.0. The monoisotopic (exact) mass is 312 g/mol. The van der Waals surface area contributed by atoms with Gasteiger partial charge in [0.05, 0.1) is 19.1 Å². The largest absolute Gasteiger partial charge is 0.497 e. The van der Waals surface area contributed by atoms with Crippen LogP contribution in [-0.2, 0) is 9.05 Å². The predicted molar refractivity (Wildman–Crippen MR) is 78.0 cm³/mol. The van der Waals surface area contributed by atoms with Crippen molar-refractivity contribution in [2.45, 2.75) is 4.90 Å². The van der Waals surface area contributed by atoms with Gasteiger partial charge in [-0.1, -0.05) is 12.1 Å². The maximum absolute atomic E-state index is 11.3. The van der Waals surface area contributed by atoms with Crippen molar-refractivity contribution in [3.05, 3.63) is 42.5 Å². The van der Waals surface area contributed by atoms with Crippen LogP contribution in [0.4, 0.5) is 0 Å². The molecule has 6 heteroatoms. The number of halogens is 1. The molecule has 0 aliphatic rings. The quantitative estimate of drug-likeness (QED) is 0.813. The molecule has 106 valence electrons. The summed E-state index contributed by atoms with van der Waals surface area (Å²) in [5.41, 5.74) is 1.67. The van der Waals surface area contributed by atoms with Gasteiger partial charge in [0.1, 0.15) is 11.5 Å². The van der Waals surface area contributed by atoms with E-state index in [-0.39, 0.29) is 4.90 Å². The van der Waals surface area contributed by atoms with Gasteiger partial charge < -0.3 is 9.47 Å². The van der Waals surface area contributed by atoms with Crippen LogP contribution < -0.4 is 9.47 Å². The number of hydrogen-bond donors (Lipinski definition) is 0. The van der Waals surface area contributed by atoms with Crippen LogP contribution in [0.25, 0.3) is 11.1 Å². The second kappa shape index (κ2) is 5.73. The lowest BCUT2D eigenvalue weighted by Crippen LogP contribution is -1.94. The Morgan fingerprint density at radius 2 is 1.60 bits per heavy atom. The van der Waals surface area contributed by atoms with Gasteiger partial charge in [-0.25, -0.2) is 8.42 Å². The van der Waals surface area contributed by atoms with Crippen molar-refractivity contribution in [1.82, 2.24) is 0 Å². The first-order valence-electron chi connectivity index (χ1n) is 5.73. The summed E-state index contributed by atoms with van der Waals surface area (Å²) in [7, 11) is 4.62. The Labute approximate surface area is 122 Å². The van der Waals surface area contributed by atoms with Gasteiger partial charge in [-0.3, -0.25) is 0 Å². The van der Waals surface area contributed by atoms with Gasteiger partial charge in [0, 0.05) is 22.3 Å².